The number of thioether (sulfide) groups is 2. The normalized spacial score (nSPS) is 24.9. The van der Waals surface area contributed by atoms with Gasteiger partial charge in [0, 0.05) is 18.1 Å². The van der Waals surface area contributed by atoms with Gasteiger partial charge in [0.1, 0.15) is 6.04 Å². The molecule has 2 aliphatic heterocycles. The number of hydrogen-bond acceptors (Lipinski definition) is 5. The molecule has 0 amide bonds. The highest BCUT2D eigenvalue weighted by Gasteiger charge is 2.53. The molecule has 1 aromatic carbocycles. The summed E-state index contributed by atoms with van der Waals surface area (Å²) in [5, 5.41) is 9.46. The van der Waals surface area contributed by atoms with Crippen LogP contribution >= 0.6 is 23.5 Å². The zero-order valence-electron chi connectivity index (χ0n) is 12.1. The molecule has 1 spiro atoms. The van der Waals surface area contributed by atoms with Crippen molar-refractivity contribution >= 4 is 39.5 Å². The zero-order valence-corrected chi connectivity index (χ0v) is 14.5. The largest absolute Gasteiger partial charge is 0.480 e. The SMILES string of the molecule is Cc1ccc(S(=O)(=O)N2CC3(C[C@H]2C(=O)O)SCCS3)cc1. The second-order valence-corrected chi connectivity index (χ2v) is 10.6. The van der Waals surface area contributed by atoms with Crippen LogP contribution in [0.2, 0.25) is 0 Å². The van der Waals surface area contributed by atoms with Crippen molar-refractivity contribution in [2.24, 2.45) is 0 Å². The number of carboxylic acids is 1. The third-order valence-corrected chi connectivity index (χ3v) is 9.27. The van der Waals surface area contributed by atoms with Crippen LogP contribution < -0.4 is 0 Å². The van der Waals surface area contributed by atoms with E-state index < -0.39 is 22.0 Å². The Morgan fingerprint density at radius 1 is 1.27 bits per heavy atom. The van der Waals surface area contributed by atoms with E-state index in [9.17, 15) is 18.3 Å². The van der Waals surface area contributed by atoms with Gasteiger partial charge in [-0.3, -0.25) is 4.79 Å². The zero-order chi connectivity index (χ0) is 16.0. The standard InChI is InChI=1S/C14H17NO4S3/c1-10-2-4-11(5-3-10)22(18,19)15-9-14(20-6-7-21-14)8-12(15)13(16)17/h2-5,12H,6-9H2,1H3,(H,16,17)/t12-/m0/s1. The summed E-state index contributed by atoms with van der Waals surface area (Å²) in [5.74, 6) is 0.811. The molecule has 0 aromatic heterocycles. The van der Waals surface area contributed by atoms with E-state index in [0.717, 1.165) is 17.1 Å². The fourth-order valence-corrected chi connectivity index (χ4v) is 7.88. The van der Waals surface area contributed by atoms with Gasteiger partial charge in [-0.05, 0) is 25.5 Å². The summed E-state index contributed by atoms with van der Waals surface area (Å²) in [6.45, 7) is 2.14. The molecule has 1 aromatic rings. The quantitative estimate of drug-likeness (QED) is 0.890. The van der Waals surface area contributed by atoms with E-state index in [-0.39, 0.29) is 15.5 Å². The van der Waals surface area contributed by atoms with Gasteiger partial charge in [0.05, 0.1) is 8.97 Å². The van der Waals surface area contributed by atoms with Crippen LogP contribution in [-0.4, -0.2) is 52.0 Å². The lowest BCUT2D eigenvalue weighted by Gasteiger charge is -2.22. The van der Waals surface area contributed by atoms with Crippen molar-refractivity contribution in [1.29, 1.82) is 0 Å². The van der Waals surface area contributed by atoms with Crippen LogP contribution in [0.25, 0.3) is 0 Å². The van der Waals surface area contributed by atoms with E-state index in [2.05, 4.69) is 0 Å². The molecule has 2 saturated heterocycles. The molecule has 0 saturated carbocycles. The number of aryl methyl sites for hydroxylation is 1. The lowest BCUT2D eigenvalue weighted by Crippen LogP contribution is -2.40. The fourth-order valence-electron chi connectivity index (χ4n) is 2.82. The van der Waals surface area contributed by atoms with Gasteiger partial charge in [0.2, 0.25) is 10.0 Å². The molecule has 0 aliphatic carbocycles. The van der Waals surface area contributed by atoms with Crippen LogP contribution in [0.4, 0.5) is 0 Å². The van der Waals surface area contributed by atoms with Crippen LogP contribution in [0.3, 0.4) is 0 Å². The predicted molar refractivity (Wildman–Crippen MR) is 88.8 cm³/mol. The number of hydrogen-bond donors (Lipinski definition) is 1. The molecule has 2 aliphatic rings. The highest BCUT2D eigenvalue weighted by Crippen LogP contribution is 2.52. The summed E-state index contributed by atoms with van der Waals surface area (Å²) in [6.07, 6.45) is 0.364. The highest BCUT2D eigenvalue weighted by molar-refractivity contribution is 8.21. The Labute approximate surface area is 138 Å². The summed E-state index contributed by atoms with van der Waals surface area (Å²) in [5.41, 5.74) is 0.966. The van der Waals surface area contributed by atoms with Crippen molar-refractivity contribution < 1.29 is 18.3 Å². The molecule has 120 valence electrons. The van der Waals surface area contributed by atoms with E-state index in [1.807, 2.05) is 6.92 Å². The van der Waals surface area contributed by atoms with Crippen molar-refractivity contribution in [2.75, 3.05) is 18.1 Å². The van der Waals surface area contributed by atoms with Crippen LogP contribution in [-0.2, 0) is 14.8 Å². The first kappa shape index (κ1) is 16.2. The van der Waals surface area contributed by atoms with Gasteiger partial charge in [-0.2, -0.15) is 4.31 Å². The van der Waals surface area contributed by atoms with Gasteiger partial charge in [-0.25, -0.2) is 8.42 Å². The van der Waals surface area contributed by atoms with Crippen molar-refractivity contribution in [3.8, 4) is 0 Å². The third-order valence-electron chi connectivity index (χ3n) is 3.97. The molecule has 1 N–H and O–H groups in total. The number of benzene rings is 1. The Hall–Kier alpha value is -0.700. The molecular weight excluding hydrogens is 342 g/mol. The first-order valence-corrected chi connectivity index (χ1v) is 10.3. The average Bonchev–Trinajstić information content (AvgIpc) is 3.08. The van der Waals surface area contributed by atoms with Gasteiger partial charge >= 0.3 is 5.97 Å². The van der Waals surface area contributed by atoms with Crippen molar-refractivity contribution in [1.82, 2.24) is 4.31 Å². The predicted octanol–water partition coefficient (Wildman–Crippen LogP) is 2.02. The minimum atomic E-state index is -3.79. The number of nitrogens with zero attached hydrogens (tertiary/aromatic N) is 1. The van der Waals surface area contributed by atoms with Crippen molar-refractivity contribution in [3.63, 3.8) is 0 Å². The number of carbonyl (C=O) groups is 1. The average molecular weight is 359 g/mol. The Morgan fingerprint density at radius 3 is 2.41 bits per heavy atom. The molecule has 8 heteroatoms. The molecule has 0 radical (unpaired) electrons. The van der Waals surface area contributed by atoms with Gasteiger partial charge in [0.15, 0.2) is 0 Å². The van der Waals surface area contributed by atoms with Crippen LogP contribution in [0.5, 0.6) is 0 Å². The third kappa shape index (κ3) is 2.77. The molecule has 3 rings (SSSR count). The van der Waals surface area contributed by atoms with Gasteiger partial charge in [-0.1, -0.05) is 17.7 Å². The number of sulfonamides is 1. The molecule has 2 heterocycles. The molecule has 22 heavy (non-hydrogen) atoms. The van der Waals surface area contributed by atoms with E-state index >= 15 is 0 Å². The summed E-state index contributed by atoms with van der Waals surface area (Å²) >= 11 is 3.37. The van der Waals surface area contributed by atoms with Crippen molar-refractivity contribution in [2.45, 2.75) is 28.4 Å². The van der Waals surface area contributed by atoms with Crippen molar-refractivity contribution in [3.05, 3.63) is 29.8 Å². The summed E-state index contributed by atoms with van der Waals surface area (Å²) < 4.78 is 26.6. The molecular formula is C14H17NO4S3. The second-order valence-electron chi connectivity index (χ2n) is 5.53. The molecule has 2 fully saturated rings. The number of rotatable bonds is 3. The Bertz CT molecular complexity index is 681. The first-order chi connectivity index (χ1) is 10.3. The van der Waals surface area contributed by atoms with Gasteiger partial charge in [-0.15, -0.1) is 23.5 Å². The number of carboxylic acid groups (broad SMARTS) is 1. The van der Waals surface area contributed by atoms with Crippen LogP contribution in [0.1, 0.15) is 12.0 Å². The number of aliphatic carboxylic acids is 1. The first-order valence-electron chi connectivity index (χ1n) is 6.93. The maximum absolute atomic E-state index is 12.8. The molecule has 5 nitrogen and oxygen atoms in total. The molecule has 1 atom stereocenters. The maximum atomic E-state index is 12.8. The molecule has 0 bridgehead atoms. The van der Waals surface area contributed by atoms with Crippen LogP contribution in [0, 0.1) is 6.92 Å². The van der Waals surface area contributed by atoms with E-state index in [0.29, 0.717) is 6.42 Å². The Morgan fingerprint density at radius 2 is 1.86 bits per heavy atom. The lowest BCUT2D eigenvalue weighted by molar-refractivity contribution is -0.140. The Balaban J connectivity index is 1.97. The van der Waals surface area contributed by atoms with E-state index in [1.165, 1.54) is 4.31 Å². The van der Waals surface area contributed by atoms with E-state index in [1.54, 1.807) is 47.8 Å². The molecule has 0 unspecified atom stereocenters. The van der Waals surface area contributed by atoms with Gasteiger partial charge < -0.3 is 5.11 Å². The summed E-state index contributed by atoms with van der Waals surface area (Å²) in [7, 11) is -3.79. The van der Waals surface area contributed by atoms with Gasteiger partial charge in [0.25, 0.3) is 0 Å². The smallest absolute Gasteiger partial charge is 0.322 e. The summed E-state index contributed by atoms with van der Waals surface area (Å²) in [4.78, 5) is 11.7. The summed E-state index contributed by atoms with van der Waals surface area (Å²) in [6, 6.07) is 5.57. The maximum Gasteiger partial charge on any atom is 0.322 e. The van der Waals surface area contributed by atoms with E-state index in [4.69, 9.17) is 0 Å². The Kier molecular flexibility index (Phi) is 4.22. The minimum Gasteiger partial charge on any atom is -0.480 e. The lowest BCUT2D eigenvalue weighted by atomic mass is 10.2. The monoisotopic (exact) mass is 359 g/mol. The van der Waals surface area contributed by atoms with Crippen LogP contribution in [0.15, 0.2) is 29.2 Å². The fraction of sp³-hybridized carbons (Fsp3) is 0.500. The second kappa shape index (κ2) is 5.74. The highest BCUT2D eigenvalue weighted by atomic mass is 32.2. The topological polar surface area (TPSA) is 74.7 Å². The minimum absolute atomic E-state index is 0.161.